The summed E-state index contributed by atoms with van der Waals surface area (Å²) in [6, 6.07) is 0. The zero-order chi connectivity index (χ0) is 9.97. The van der Waals surface area contributed by atoms with E-state index in [2.05, 4.69) is 12.2 Å². The van der Waals surface area contributed by atoms with Crippen molar-refractivity contribution in [2.75, 3.05) is 0 Å². The van der Waals surface area contributed by atoms with Crippen LogP contribution in [0.5, 0.6) is 0 Å². The summed E-state index contributed by atoms with van der Waals surface area (Å²) < 4.78 is 0. The van der Waals surface area contributed by atoms with Crippen LogP contribution in [-0.2, 0) is 4.79 Å². The summed E-state index contributed by atoms with van der Waals surface area (Å²) in [5.41, 5.74) is 1.23. The molecule has 1 unspecified atom stereocenters. The Hall–Kier alpha value is -1.08. The fourth-order valence-electron chi connectivity index (χ4n) is 1.71. The number of hydrogen-bond donors (Lipinski definition) is 0. The van der Waals surface area contributed by atoms with Crippen molar-refractivity contribution in [3.05, 3.63) is 47.1 Å². The van der Waals surface area contributed by atoms with Crippen molar-refractivity contribution in [2.45, 2.75) is 12.8 Å². The van der Waals surface area contributed by atoms with Crippen molar-refractivity contribution in [2.24, 2.45) is 5.92 Å². The third-order valence-corrected chi connectivity index (χ3v) is 2.80. The highest BCUT2D eigenvalue weighted by atomic mass is 35.5. The number of carbonyl (C=O) groups is 1. The highest BCUT2D eigenvalue weighted by molar-refractivity contribution is 6.42. The van der Waals surface area contributed by atoms with Gasteiger partial charge >= 0.3 is 0 Å². The van der Waals surface area contributed by atoms with Gasteiger partial charge in [-0.15, -0.1) is 0 Å². The predicted octanol–water partition coefficient (Wildman–Crippen LogP) is 3.14. The Kier molecular flexibility index (Phi) is 2.69. The fraction of sp³-hybridized carbons (Fsp3) is 0.250. The molecule has 2 aliphatic rings. The maximum atomic E-state index is 11.5. The Morgan fingerprint density at radius 1 is 1.21 bits per heavy atom. The Bertz CT molecular complexity index is 372. The molecule has 0 amide bonds. The summed E-state index contributed by atoms with van der Waals surface area (Å²) in [7, 11) is 0. The van der Waals surface area contributed by atoms with Crippen molar-refractivity contribution in [1.29, 1.82) is 0 Å². The number of ketones is 1. The van der Waals surface area contributed by atoms with Crippen molar-refractivity contribution in [1.82, 2.24) is 0 Å². The third-order valence-electron chi connectivity index (χ3n) is 2.46. The molecule has 2 bridgehead atoms. The van der Waals surface area contributed by atoms with Crippen LogP contribution in [0.25, 0.3) is 0 Å². The van der Waals surface area contributed by atoms with Crippen LogP contribution in [-0.4, -0.2) is 5.78 Å². The number of carbonyl (C=O) groups excluding carboxylic acids is 1. The molecular weight excluding hydrogens is 196 g/mol. The van der Waals surface area contributed by atoms with Gasteiger partial charge in [-0.25, -0.2) is 0 Å². The molecule has 0 heterocycles. The van der Waals surface area contributed by atoms with Gasteiger partial charge in [0.05, 0.1) is 5.03 Å². The lowest BCUT2D eigenvalue weighted by Gasteiger charge is -2.13. The van der Waals surface area contributed by atoms with Gasteiger partial charge in [0.2, 0.25) is 0 Å². The summed E-state index contributed by atoms with van der Waals surface area (Å²) >= 11 is 5.83. The zero-order valence-corrected chi connectivity index (χ0v) is 8.50. The van der Waals surface area contributed by atoms with E-state index in [-0.39, 0.29) is 5.78 Å². The second-order valence-electron chi connectivity index (χ2n) is 3.59. The molecule has 72 valence electrons. The van der Waals surface area contributed by atoms with Gasteiger partial charge in [0.1, 0.15) is 0 Å². The van der Waals surface area contributed by atoms with E-state index < -0.39 is 0 Å². The normalized spacial score (nSPS) is 33.5. The molecule has 0 aromatic carbocycles. The second kappa shape index (κ2) is 3.97. The lowest BCUT2D eigenvalue weighted by molar-refractivity contribution is -0.115. The van der Waals surface area contributed by atoms with Crippen molar-refractivity contribution in [3.63, 3.8) is 0 Å². The smallest absolute Gasteiger partial charge is 0.174 e. The van der Waals surface area contributed by atoms with Crippen LogP contribution >= 0.6 is 11.6 Å². The van der Waals surface area contributed by atoms with Gasteiger partial charge in [-0.1, -0.05) is 42.0 Å². The Labute approximate surface area is 88.4 Å². The number of halogens is 1. The van der Waals surface area contributed by atoms with Crippen molar-refractivity contribution < 1.29 is 4.79 Å². The largest absolute Gasteiger partial charge is 0.293 e. The third kappa shape index (κ3) is 2.05. The molecule has 2 aliphatic carbocycles. The first-order chi connectivity index (χ1) is 6.75. The van der Waals surface area contributed by atoms with E-state index in [1.807, 2.05) is 18.2 Å². The molecule has 1 atom stereocenters. The topological polar surface area (TPSA) is 17.1 Å². The predicted molar refractivity (Wildman–Crippen MR) is 58.0 cm³/mol. The van der Waals surface area contributed by atoms with Gasteiger partial charge in [0.15, 0.2) is 5.78 Å². The quantitative estimate of drug-likeness (QED) is 0.595. The molecule has 2 rings (SSSR count). The first-order valence-electron chi connectivity index (χ1n) is 4.70. The highest BCUT2D eigenvalue weighted by Gasteiger charge is 2.17. The van der Waals surface area contributed by atoms with Crippen LogP contribution < -0.4 is 0 Å². The van der Waals surface area contributed by atoms with E-state index in [4.69, 9.17) is 11.6 Å². The molecule has 0 radical (unpaired) electrons. The van der Waals surface area contributed by atoms with Gasteiger partial charge in [0, 0.05) is 6.42 Å². The second-order valence-corrected chi connectivity index (χ2v) is 4.00. The molecule has 14 heavy (non-hydrogen) atoms. The molecule has 0 N–H and O–H groups in total. The van der Waals surface area contributed by atoms with E-state index in [1.165, 1.54) is 5.57 Å². The minimum absolute atomic E-state index is 0.0403. The molecule has 0 spiro atoms. The number of allylic oxidation sites excluding steroid dienone is 8. The number of fused-ring (bicyclic) bond motifs is 2. The number of Topliss-reactive ketones (excluding diaryl/α,β-unsaturated/α-hetero) is 1. The maximum Gasteiger partial charge on any atom is 0.174 e. The van der Waals surface area contributed by atoms with Crippen LogP contribution in [0, 0.1) is 5.92 Å². The average Bonchev–Trinajstić information content (AvgIpc) is 2.38. The molecule has 0 aromatic heterocycles. The maximum absolute atomic E-state index is 11.5. The molecule has 0 saturated heterocycles. The molecule has 2 heteroatoms. The van der Waals surface area contributed by atoms with Crippen LogP contribution in [0.3, 0.4) is 0 Å². The molecular formula is C12H11ClO. The van der Waals surface area contributed by atoms with Crippen LogP contribution in [0.4, 0.5) is 0 Å². The lowest BCUT2D eigenvalue weighted by Crippen LogP contribution is -2.08. The summed E-state index contributed by atoms with van der Waals surface area (Å²) in [4.78, 5) is 11.5. The minimum Gasteiger partial charge on any atom is -0.293 e. The SMILES string of the molecule is O=C1CC2C=CC=C/C(=C/C=C\1Cl)C2. The van der Waals surface area contributed by atoms with E-state index in [1.54, 1.807) is 6.08 Å². The molecule has 0 saturated carbocycles. The van der Waals surface area contributed by atoms with E-state index >= 15 is 0 Å². The van der Waals surface area contributed by atoms with Crippen LogP contribution in [0.1, 0.15) is 12.8 Å². The van der Waals surface area contributed by atoms with Gasteiger partial charge < -0.3 is 0 Å². The Morgan fingerprint density at radius 2 is 2.07 bits per heavy atom. The van der Waals surface area contributed by atoms with Crippen molar-refractivity contribution in [3.8, 4) is 0 Å². The van der Waals surface area contributed by atoms with E-state index in [0.29, 0.717) is 17.4 Å². The van der Waals surface area contributed by atoms with Crippen LogP contribution in [0.2, 0.25) is 0 Å². The van der Waals surface area contributed by atoms with Gasteiger partial charge in [-0.2, -0.15) is 0 Å². The summed E-state index contributed by atoms with van der Waals surface area (Å²) in [5, 5.41) is 0.343. The number of hydrogen-bond acceptors (Lipinski definition) is 1. The first-order valence-corrected chi connectivity index (χ1v) is 5.08. The monoisotopic (exact) mass is 206 g/mol. The zero-order valence-electron chi connectivity index (χ0n) is 7.74. The lowest BCUT2D eigenvalue weighted by atomic mass is 9.93. The van der Waals surface area contributed by atoms with Gasteiger partial charge in [-0.3, -0.25) is 4.79 Å². The highest BCUT2D eigenvalue weighted by Crippen LogP contribution is 2.25. The van der Waals surface area contributed by atoms with E-state index in [0.717, 1.165) is 6.42 Å². The van der Waals surface area contributed by atoms with Gasteiger partial charge in [-0.05, 0) is 24.0 Å². The van der Waals surface area contributed by atoms with E-state index in [9.17, 15) is 4.79 Å². The summed E-state index contributed by atoms with van der Waals surface area (Å²) in [6.45, 7) is 0. The van der Waals surface area contributed by atoms with Gasteiger partial charge in [0.25, 0.3) is 0 Å². The molecule has 0 fully saturated rings. The molecule has 1 nitrogen and oxygen atoms in total. The summed E-state index contributed by atoms with van der Waals surface area (Å²) in [6.07, 6.45) is 13.2. The summed E-state index contributed by atoms with van der Waals surface area (Å²) in [5.74, 6) is 0.338. The Balaban J connectivity index is 2.36. The fourth-order valence-corrected chi connectivity index (χ4v) is 1.85. The minimum atomic E-state index is 0.0403. The van der Waals surface area contributed by atoms with Crippen LogP contribution in [0.15, 0.2) is 47.1 Å². The average molecular weight is 207 g/mol. The van der Waals surface area contributed by atoms with Crippen molar-refractivity contribution >= 4 is 17.4 Å². The molecule has 0 aliphatic heterocycles. The standard InChI is InChI=1S/C12H11ClO/c13-11-6-5-9-3-1-2-4-10(7-9)8-12(11)14/h1-6,10H,7-8H2/b9-5-,11-6+. The molecule has 0 aromatic rings. The number of rotatable bonds is 0. The first kappa shape index (κ1) is 9.47. The Morgan fingerprint density at radius 3 is 2.93 bits per heavy atom.